The zero-order valence-electron chi connectivity index (χ0n) is 12.7. The number of carbonyl (C=O) groups excluding carboxylic acids is 4. The largest absolute Gasteiger partial charge is 0.461 e. The van der Waals surface area contributed by atoms with E-state index in [1.54, 1.807) is 27.7 Å². The first-order valence-corrected chi connectivity index (χ1v) is 6.78. The smallest absolute Gasteiger partial charge is 0.424 e. The number of nitrogens with zero attached hydrogens (tertiary/aromatic N) is 2. The maximum Gasteiger partial charge on any atom is 0.424 e. The van der Waals surface area contributed by atoms with Gasteiger partial charge in [0.25, 0.3) is 11.8 Å². The molecule has 2 aliphatic rings. The molecule has 2 atom stereocenters. The summed E-state index contributed by atoms with van der Waals surface area (Å²) < 4.78 is 9.82. The summed E-state index contributed by atoms with van der Waals surface area (Å²) in [6.45, 7) is 6.54. The Morgan fingerprint density at radius 2 is 1.91 bits per heavy atom. The Bertz CT molecular complexity index is 577. The molecular formula is C13H17N3O6. The van der Waals surface area contributed by atoms with E-state index < -0.39 is 41.4 Å². The van der Waals surface area contributed by atoms with Gasteiger partial charge in [0.05, 0.1) is 6.61 Å². The normalized spacial score (nSPS) is 23.8. The molecule has 0 aromatic rings. The topological polar surface area (TPSA) is 114 Å². The second kappa shape index (κ2) is 5.39. The summed E-state index contributed by atoms with van der Waals surface area (Å²) in [5.41, 5.74) is 1.33. The van der Waals surface area contributed by atoms with Crippen molar-refractivity contribution in [2.24, 2.45) is 11.0 Å². The number of nitrogens with one attached hydrogen (secondary N) is 1. The monoisotopic (exact) mass is 311 g/mol. The molecule has 1 saturated heterocycles. The van der Waals surface area contributed by atoms with Crippen LogP contribution < -0.4 is 5.43 Å². The van der Waals surface area contributed by atoms with Crippen molar-refractivity contribution in [3.8, 4) is 0 Å². The van der Waals surface area contributed by atoms with Crippen LogP contribution in [0.4, 0.5) is 4.79 Å². The molecule has 9 nitrogen and oxygen atoms in total. The molecule has 9 heteroatoms. The number of hydrogen-bond donors (Lipinski definition) is 1. The Morgan fingerprint density at radius 3 is 2.45 bits per heavy atom. The van der Waals surface area contributed by atoms with Crippen LogP contribution in [0.15, 0.2) is 5.10 Å². The molecule has 0 radical (unpaired) electrons. The van der Waals surface area contributed by atoms with Gasteiger partial charge in [-0.2, -0.15) is 10.0 Å². The summed E-state index contributed by atoms with van der Waals surface area (Å²) in [5, 5.41) is 3.68. The SMILES string of the molecule is CCOC(=O)C1=NN[C@@H]2C(=O)N(C(=O)OC(C)(C)C)C(=O)[C@H]12. The van der Waals surface area contributed by atoms with Gasteiger partial charge in [-0.05, 0) is 27.7 Å². The highest BCUT2D eigenvalue weighted by Crippen LogP contribution is 2.27. The average molecular weight is 311 g/mol. The Labute approximate surface area is 126 Å². The number of ether oxygens (including phenoxy) is 2. The van der Waals surface area contributed by atoms with Crippen molar-refractivity contribution >= 4 is 29.6 Å². The minimum Gasteiger partial charge on any atom is -0.461 e. The van der Waals surface area contributed by atoms with Gasteiger partial charge >= 0.3 is 12.1 Å². The molecule has 0 unspecified atom stereocenters. The van der Waals surface area contributed by atoms with Crippen LogP contribution in [-0.2, 0) is 23.9 Å². The van der Waals surface area contributed by atoms with Gasteiger partial charge in [0.1, 0.15) is 17.6 Å². The highest BCUT2D eigenvalue weighted by Gasteiger charge is 2.58. The molecule has 22 heavy (non-hydrogen) atoms. The number of imide groups is 3. The number of fused-ring (bicyclic) bond motifs is 1. The van der Waals surface area contributed by atoms with Crippen molar-refractivity contribution in [1.82, 2.24) is 10.3 Å². The summed E-state index contributed by atoms with van der Waals surface area (Å²) in [7, 11) is 0. The molecule has 2 heterocycles. The first kappa shape index (κ1) is 15.9. The molecular weight excluding hydrogens is 294 g/mol. The van der Waals surface area contributed by atoms with Crippen molar-refractivity contribution < 1.29 is 28.7 Å². The van der Waals surface area contributed by atoms with Crippen LogP contribution >= 0.6 is 0 Å². The highest BCUT2D eigenvalue weighted by molar-refractivity contribution is 6.44. The number of rotatable bonds is 2. The van der Waals surface area contributed by atoms with Gasteiger partial charge in [-0.25, -0.2) is 9.59 Å². The molecule has 0 saturated carbocycles. The zero-order valence-corrected chi connectivity index (χ0v) is 12.7. The Kier molecular flexibility index (Phi) is 3.90. The summed E-state index contributed by atoms with van der Waals surface area (Å²) in [4.78, 5) is 48.6. The van der Waals surface area contributed by atoms with E-state index in [4.69, 9.17) is 9.47 Å². The third-order valence-electron chi connectivity index (χ3n) is 2.99. The summed E-state index contributed by atoms with van der Waals surface area (Å²) in [6.07, 6.45) is -1.07. The molecule has 2 aliphatic heterocycles. The quantitative estimate of drug-likeness (QED) is 0.554. The fourth-order valence-corrected chi connectivity index (χ4v) is 2.15. The fourth-order valence-electron chi connectivity index (χ4n) is 2.15. The van der Waals surface area contributed by atoms with Crippen LogP contribution in [-0.4, -0.2) is 52.7 Å². The second-order valence-electron chi connectivity index (χ2n) is 5.79. The van der Waals surface area contributed by atoms with Gasteiger partial charge in [0.15, 0.2) is 5.71 Å². The van der Waals surface area contributed by atoms with Crippen LogP contribution in [0.1, 0.15) is 27.7 Å². The number of amides is 3. The highest BCUT2D eigenvalue weighted by atomic mass is 16.6. The van der Waals surface area contributed by atoms with Gasteiger partial charge in [0.2, 0.25) is 0 Å². The number of hydrogen-bond acceptors (Lipinski definition) is 8. The van der Waals surface area contributed by atoms with E-state index in [1.165, 1.54) is 0 Å². The molecule has 120 valence electrons. The van der Waals surface area contributed by atoms with Gasteiger partial charge in [-0.1, -0.05) is 0 Å². The minimum absolute atomic E-state index is 0.104. The lowest BCUT2D eigenvalue weighted by molar-refractivity contribution is -0.140. The van der Waals surface area contributed by atoms with Crippen LogP contribution in [0.3, 0.4) is 0 Å². The van der Waals surface area contributed by atoms with Crippen molar-refractivity contribution in [2.75, 3.05) is 6.61 Å². The summed E-state index contributed by atoms with van der Waals surface area (Å²) in [6, 6.07) is -1.08. The Balaban J connectivity index is 2.21. The van der Waals surface area contributed by atoms with Gasteiger partial charge < -0.3 is 9.47 Å². The van der Waals surface area contributed by atoms with E-state index in [-0.39, 0.29) is 12.3 Å². The standard InChI is InChI=1S/C13H17N3O6/c1-5-21-11(19)8-6-7(14-15-8)10(18)16(9(6)17)12(20)22-13(2,3)4/h6-7,14H,5H2,1-4H3/t6-,7-/m0/s1. The van der Waals surface area contributed by atoms with E-state index in [2.05, 4.69) is 10.5 Å². The number of hydrazone groups is 1. The number of carbonyl (C=O) groups is 4. The lowest BCUT2D eigenvalue weighted by Crippen LogP contribution is -2.43. The third kappa shape index (κ3) is 2.66. The van der Waals surface area contributed by atoms with Crippen LogP contribution in [0.5, 0.6) is 0 Å². The van der Waals surface area contributed by atoms with Gasteiger partial charge in [-0.3, -0.25) is 15.0 Å². The minimum atomic E-state index is -1.17. The average Bonchev–Trinajstić information content (AvgIpc) is 2.89. The lowest BCUT2D eigenvalue weighted by Gasteiger charge is -2.22. The molecule has 1 fully saturated rings. The Morgan fingerprint density at radius 1 is 1.27 bits per heavy atom. The van der Waals surface area contributed by atoms with Crippen molar-refractivity contribution in [3.63, 3.8) is 0 Å². The molecule has 0 aromatic heterocycles. The molecule has 1 N–H and O–H groups in total. The lowest BCUT2D eigenvalue weighted by atomic mass is 9.99. The maximum atomic E-state index is 12.3. The molecule has 0 spiro atoms. The van der Waals surface area contributed by atoms with Crippen molar-refractivity contribution in [3.05, 3.63) is 0 Å². The van der Waals surface area contributed by atoms with Crippen molar-refractivity contribution in [1.29, 1.82) is 0 Å². The van der Waals surface area contributed by atoms with Crippen LogP contribution in [0.2, 0.25) is 0 Å². The molecule has 0 bridgehead atoms. The van der Waals surface area contributed by atoms with Crippen LogP contribution in [0, 0.1) is 5.92 Å². The van der Waals surface area contributed by atoms with Crippen LogP contribution in [0.25, 0.3) is 0 Å². The Hall–Kier alpha value is -2.45. The fraction of sp³-hybridized carbons (Fsp3) is 0.615. The molecule has 2 rings (SSSR count). The molecule has 3 amide bonds. The summed E-state index contributed by atoms with van der Waals surface area (Å²) in [5.74, 6) is -3.61. The van der Waals surface area contributed by atoms with E-state index in [9.17, 15) is 19.2 Å². The first-order valence-electron chi connectivity index (χ1n) is 6.78. The summed E-state index contributed by atoms with van der Waals surface area (Å²) >= 11 is 0. The third-order valence-corrected chi connectivity index (χ3v) is 2.99. The number of likely N-dealkylation sites (tertiary alicyclic amines) is 1. The first-order chi connectivity index (χ1) is 10.2. The van der Waals surface area contributed by atoms with E-state index in [1.807, 2.05) is 0 Å². The second-order valence-corrected chi connectivity index (χ2v) is 5.79. The maximum absolute atomic E-state index is 12.3. The zero-order chi connectivity index (χ0) is 16.7. The van der Waals surface area contributed by atoms with E-state index in [0.29, 0.717) is 4.90 Å². The van der Waals surface area contributed by atoms with E-state index >= 15 is 0 Å². The van der Waals surface area contributed by atoms with Gasteiger partial charge in [-0.15, -0.1) is 0 Å². The molecule has 0 aromatic carbocycles. The van der Waals surface area contributed by atoms with E-state index in [0.717, 1.165) is 0 Å². The van der Waals surface area contributed by atoms with Gasteiger partial charge in [0, 0.05) is 0 Å². The number of esters is 1. The molecule has 0 aliphatic carbocycles. The van der Waals surface area contributed by atoms with Crippen molar-refractivity contribution in [2.45, 2.75) is 39.3 Å². The predicted molar refractivity (Wildman–Crippen MR) is 72.6 cm³/mol. The predicted octanol–water partition coefficient (Wildman–Crippen LogP) is -0.203.